The SMILES string of the molecule is O=c1c2ccsc2ccn1Cc1cc(F)ccc1Cl. The van der Waals surface area contributed by atoms with Crippen LogP contribution in [0.3, 0.4) is 0 Å². The molecule has 5 heteroatoms. The van der Waals surface area contributed by atoms with Gasteiger partial charge in [-0.25, -0.2) is 4.39 Å². The minimum atomic E-state index is -0.357. The number of hydrogen-bond acceptors (Lipinski definition) is 2. The highest BCUT2D eigenvalue weighted by molar-refractivity contribution is 7.17. The monoisotopic (exact) mass is 293 g/mol. The van der Waals surface area contributed by atoms with Gasteiger partial charge in [-0.05, 0) is 41.3 Å². The van der Waals surface area contributed by atoms with Crippen LogP contribution in [0, 0.1) is 5.82 Å². The second-order valence-electron chi connectivity index (χ2n) is 4.18. The Labute approximate surface area is 117 Å². The van der Waals surface area contributed by atoms with E-state index in [0.717, 1.165) is 4.70 Å². The molecule has 0 unspecified atom stereocenters. The summed E-state index contributed by atoms with van der Waals surface area (Å²) in [5.74, 6) is -0.357. The standard InChI is InChI=1S/C14H9ClFNOS/c15-12-2-1-10(16)7-9(12)8-17-5-3-13-11(14(17)18)4-6-19-13/h1-7H,8H2. The number of thiophene rings is 1. The summed E-state index contributed by atoms with van der Waals surface area (Å²) in [6, 6.07) is 7.84. The summed E-state index contributed by atoms with van der Waals surface area (Å²) in [6.07, 6.45) is 1.71. The molecule has 0 saturated carbocycles. The molecule has 0 spiro atoms. The lowest BCUT2D eigenvalue weighted by Crippen LogP contribution is -2.19. The van der Waals surface area contributed by atoms with Gasteiger partial charge in [0, 0.05) is 15.9 Å². The van der Waals surface area contributed by atoms with Crippen molar-refractivity contribution >= 4 is 33.0 Å². The molecule has 0 fully saturated rings. The van der Waals surface area contributed by atoms with Gasteiger partial charge in [0.15, 0.2) is 0 Å². The number of hydrogen-bond donors (Lipinski definition) is 0. The fraction of sp³-hybridized carbons (Fsp3) is 0.0714. The van der Waals surface area contributed by atoms with Crippen LogP contribution in [0.15, 0.2) is 46.7 Å². The number of pyridine rings is 1. The number of halogens is 2. The normalized spacial score (nSPS) is 11.1. The largest absolute Gasteiger partial charge is 0.310 e. The van der Waals surface area contributed by atoms with E-state index in [9.17, 15) is 9.18 Å². The van der Waals surface area contributed by atoms with Gasteiger partial charge in [-0.2, -0.15) is 0 Å². The quantitative estimate of drug-likeness (QED) is 0.702. The number of aromatic nitrogens is 1. The average Bonchev–Trinajstić information content (AvgIpc) is 2.86. The van der Waals surface area contributed by atoms with Crippen LogP contribution in [0.4, 0.5) is 4.39 Å². The van der Waals surface area contributed by atoms with Gasteiger partial charge in [-0.1, -0.05) is 11.6 Å². The molecule has 2 aromatic heterocycles. The molecule has 3 rings (SSSR count). The highest BCUT2D eigenvalue weighted by Crippen LogP contribution is 2.19. The van der Waals surface area contributed by atoms with Crippen LogP contribution < -0.4 is 5.56 Å². The Kier molecular flexibility index (Phi) is 3.12. The maximum absolute atomic E-state index is 13.2. The third kappa shape index (κ3) is 2.29. The second kappa shape index (κ2) is 4.79. The molecule has 0 aliphatic heterocycles. The minimum Gasteiger partial charge on any atom is -0.310 e. The smallest absolute Gasteiger partial charge is 0.259 e. The summed E-state index contributed by atoms with van der Waals surface area (Å²) in [4.78, 5) is 12.2. The maximum Gasteiger partial charge on any atom is 0.259 e. The van der Waals surface area contributed by atoms with Crippen molar-refractivity contribution in [2.24, 2.45) is 0 Å². The first-order valence-electron chi connectivity index (χ1n) is 5.66. The summed E-state index contributed by atoms with van der Waals surface area (Å²) in [5, 5.41) is 3.02. The molecule has 1 aromatic carbocycles. The van der Waals surface area contributed by atoms with E-state index in [1.54, 1.807) is 12.3 Å². The molecule has 0 bridgehead atoms. The van der Waals surface area contributed by atoms with E-state index in [1.807, 2.05) is 11.4 Å². The first-order valence-corrected chi connectivity index (χ1v) is 6.91. The van der Waals surface area contributed by atoms with Crippen molar-refractivity contribution in [3.8, 4) is 0 Å². The Morgan fingerprint density at radius 1 is 1.26 bits per heavy atom. The van der Waals surface area contributed by atoms with Gasteiger partial charge >= 0.3 is 0 Å². The molecule has 3 aromatic rings. The van der Waals surface area contributed by atoms with Crippen LogP contribution in [0.1, 0.15) is 5.56 Å². The number of fused-ring (bicyclic) bond motifs is 1. The Morgan fingerprint density at radius 2 is 2.11 bits per heavy atom. The van der Waals surface area contributed by atoms with Crippen molar-refractivity contribution < 1.29 is 4.39 Å². The van der Waals surface area contributed by atoms with Gasteiger partial charge in [0.1, 0.15) is 5.82 Å². The van der Waals surface area contributed by atoms with Crippen molar-refractivity contribution in [2.75, 3.05) is 0 Å². The number of rotatable bonds is 2. The third-order valence-electron chi connectivity index (χ3n) is 2.94. The van der Waals surface area contributed by atoms with Crippen LogP contribution in [0.2, 0.25) is 5.02 Å². The molecular weight excluding hydrogens is 285 g/mol. The minimum absolute atomic E-state index is 0.0842. The molecule has 96 valence electrons. The van der Waals surface area contributed by atoms with Crippen molar-refractivity contribution in [3.63, 3.8) is 0 Å². The lowest BCUT2D eigenvalue weighted by Gasteiger charge is -2.08. The predicted molar refractivity (Wildman–Crippen MR) is 76.6 cm³/mol. The Hall–Kier alpha value is -1.65. The van der Waals surface area contributed by atoms with E-state index in [4.69, 9.17) is 11.6 Å². The van der Waals surface area contributed by atoms with E-state index in [0.29, 0.717) is 16.0 Å². The topological polar surface area (TPSA) is 22.0 Å². The van der Waals surface area contributed by atoms with E-state index in [-0.39, 0.29) is 17.9 Å². The van der Waals surface area contributed by atoms with Gasteiger partial charge in [-0.3, -0.25) is 4.79 Å². The molecule has 19 heavy (non-hydrogen) atoms. The van der Waals surface area contributed by atoms with Crippen molar-refractivity contribution in [2.45, 2.75) is 6.54 Å². The molecule has 0 atom stereocenters. The van der Waals surface area contributed by atoms with Gasteiger partial charge in [0.25, 0.3) is 5.56 Å². The van der Waals surface area contributed by atoms with E-state index in [1.165, 1.54) is 34.1 Å². The molecule has 0 saturated heterocycles. The Bertz CT molecular complexity index is 809. The van der Waals surface area contributed by atoms with Gasteiger partial charge in [0.2, 0.25) is 0 Å². The highest BCUT2D eigenvalue weighted by atomic mass is 35.5. The molecule has 0 aliphatic rings. The van der Waals surface area contributed by atoms with E-state index in [2.05, 4.69) is 0 Å². The van der Waals surface area contributed by atoms with Crippen molar-refractivity contribution in [1.82, 2.24) is 4.57 Å². The molecule has 0 amide bonds. The predicted octanol–water partition coefficient (Wildman–Crippen LogP) is 3.90. The summed E-state index contributed by atoms with van der Waals surface area (Å²) in [7, 11) is 0. The van der Waals surface area contributed by atoms with E-state index < -0.39 is 0 Å². The van der Waals surface area contributed by atoms with Gasteiger partial charge in [-0.15, -0.1) is 11.3 Å². The van der Waals surface area contributed by atoms with Crippen LogP contribution in [0.5, 0.6) is 0 Å². The molecule has 2 nitrogen and oxygen atoms in total. The van der Waals surface area contributed by atoms with Crippen LogP contribution in [-0.4, -0.2) is 4.57 Å². The fourth-order valence-corrected chi connectivity index (χ4v) is 2.93. The maximum atomic E-state index is 13.2. The lowest BCUT2D eigenvalue weighted by molar-refractivity contribution is 0.623. The average molecular weight is 294 g/mol. The van der Waals surface area contributed by atoms with Gasteiger partial charge in [0.05, 0.1) is 11.9 Å². The number of nitrogens with zero attached hydrogens (tertiary/aromatic N) is 1. The van der Waals surface area contributed by atoms with Crippen LogP contribution in [-0.2, 0) is 6.54 Å². The second-order valence-corrected chi connectivity index (χ2v) is 5.54. The first-order chi connectivity index (χ1) is 9.15. The number of benzene rings is 1. The summed E-state index contributed by atoms with van der Waals surface area (Å²) >= 11 is 7.54. The van der Waals surface area contributed by atoms with Crippen molar-refractivity contribution in [3.05, 3.63) is 68.7 Å². The van der Waals surface area contributed by atoms with E-state index >= 15 is 0 Å². The van der Waals surface area contributed by atoms with Gasteiger partial charge < -0.3 is 4.57 Å². The summed E-state index contributed by atoms with van der Waals surface area (Å²) < 4.78 is 15.7. The zero-order valence-electron chi connectivity index (χ0n) is 9.77. The lowest BCUT2D eigenvalue weighted by atomic mass is 10.2. The highest BCUT2D eigenvalue weighted by Gasteiger charge is 2.07. The molecule has 2 heterocycles. The Morgan fingerprint density at radius 3 is 2.95 bits per heavy atom. The van der Waals surface area contributed by atoms with Crippen molar-refractivity contribution in [1.29, 1.82) is 0 Å². The van der Waals surface area contributed by atoms with Crippen LogP contribution in [0.25, 0.3) is 10.1 Å². The molecule has 0 N–H and O–H groups in total. The fourth-order valence-electron chi connectivity index (χ4n) is 1.98. The first kappa shape index (κ1) is 12.4. The molecular formula is C14H9ClFNOS. The zero-order valence-corrected chi connectivity index (χ0v) is 11.3. The van der Waals surface area contributed by atoms with Crippen LogP contribution >= 0.6 is 22.9 Å². The molecule has 0 aliphatic carbocycles. The summed E-state index contributed by atoms with van der Waals surface area (Å²) in [6.45, 7) is 0.265. The Balaban J connectivity index is 2.08. The third-order valence-corrected chi connectivity index (χ3v) is 4.19. The molecule has 0 radical (unpaired) electrons. The zero-order chi connectivity index (χ0) is 13.4. The summed E-state index contributed by atoms with van der Waals surface area (Å²) in [5.41, 5.74) is 0.512.